The lowest BCUT2D eigenvalue weighted by atomic mass is 9.66. The van der Waals surface area contributed by atoms with E-state index in [4.69, 9.17) is 21.3 Å². The lowest BCUT2D eigenvalue weighted by Crippen LogP contribution is -2.32. The number of nitrogens with zero attached hydrogens (tertiary/aromatic N) is 6. The van der Waals surface area contributed by atoms with Gasteiger partial charge >= 0.3 is 0 Å². The second-order valence-electron chi connectivity index (χ2n) is 19.2. The van der Waals surface area contributed by atoms with Gasteiger partial charge in [0.1, 0.15) is 11.5 Å². The van der Waals surface area contributed by atoms with Gasteiger partial charge < -0.3 is 18.4 Å². The third-order valence-corrected chi connectivity index (χ3v) is 15.6. The first kappa shape index (κ1) is 39.8. The fourth-order valence-electron chi connectivity index (χ4n) is 12.6. The molecule has 2 aliphatic rings. The molecule has 1 aliphatic heterocycles. The van der Waals surface area contributed by atoms with Crippen molar-refractivity contribution in [2.45, 2.75) is 5.41 Å². The third-order valence-electron chi connectivity index (χ3n) is 15.6. The molecule has 0 fully saturated rings. The van der Waals surface area contributed by atoms with E-state index in [0.29, 0.717) is 5.69 Å². The van der Waals surface area contributed by atoms with Gasteiger partial charge in [-0.1, -0.05) is 133 Å². The van der Waals surface area contributed by atoms with E-state index in [0.717, 1.165) is 112 Å². The molecule has 0 bridgehead atoms. The quantitative estimate of drug-likeness (QED) is 0.165. The number of pyridine rings is 2. The zero-order valence-corrected chi connectivity index (χ0v) is 39.0. The van der Waals surface area contributed by atoms with E-state index in [1.807, 2.05) is 36.7 Å². The Bertz CT molecular complexity index is 4660. The largest absolute Gasteiger partial charge is 0.457 e. The van der Waals surface area contributed by atoms with Crippen molar-refractivity contribution in [3.8, 4) is 51.1 Å². The Morgan fingerprint density at radius 1 is 0.370 bits per heavy atom. The van der Waals surface area contributed by atoms with Gasteiger partial charge in [-0.2, -0.15) is 0 Å². The van der Waals surface area contributed by atoms with E-state index in [2.05, 4.69) is 213 Å². The van der Waals surface area contributed by atoms with Crippen molar-refractivity contribution >= 4 is 71.1 Å². The summed E-state index contributed by atoms with van der Waals surface area (Å²) in [6, 6.07) is 77.7. The Morgan fingerprint density at radius 2 is 0.822 bits per heavy atom. The molecule has 0 N–H and O–H groups in total. The van der Waals surface area contributed by atoms with Crippen LogP contribution in [0.25, 0.3) is 110 Å². The van der Waals surface area contributed by atoms with Crippen LogP contribution >= 0.6 is 0 Å². The van der Waals surface area contributed by atoms with Crippen LogP contribution in [0.5, 0.6) is 11.5 Å². The highest BCUT2D eigenvalue weighted by Gasteiger charge is 2.53. The van der Waals surface area contributed by atoms with Crippen molar-refractivity contribution in [3.63, 3.8) is 0 Å². The third kappa shape index (κ3) is 5.30. The number of hydrogen-bond acceptors (Lipinski definition) is 3. The number of fused-ring (bicyclic) bond motifs is 18. The highest BCUT2D eigenvalue weighted by atomic mass is 16.5. The fourth-order valence-corrected chi connectivity index (χ4v) is 12.6. The molecule has 0 unspecified atom stereocenters. The monoisotopic (exact) mass is 930 g/mol. The number of rotatable bonds is 4. The minimum absolute atomic E-state index is 0.611. The maximum atomic E-state index is 7.81. The summed E-state index contributed by atoms with van der Waals surface area (Å²) in [5.74, 6) is 1.60. The summed E-state index contributed by atoms with van der Waals surface area (Å²) in [4.78, 5) is 14.6. The van der Waals surface area contributed by atoms with Crippen LogP contribution in [-0.4, -0.2) is 23.7 Å². The maximum absolute atomic E-state index is 7.81. The number of benzene rings is 9. The highest BCUT2D eigenvalue weighted by molar-refractivity contribution is 6.13. The van der Waals surface area contributed by atoms with Crippen LogP contribution in [0.4, 0.5) is 5.69 Å². The molecule has 0 saturated carbocycles. The molecule has 1 aliphatic carbocycles. The molecule has 14 aromatic rings. The average molecular weight is 931 g/mol. The van der Waals surface area contributed by atoms with Gasteiger partial charge in [-0.15, -0.1) is 0 Å². The maximum Gasteiger partial charge on any atom is 0.188 e. The van der Waals surface area contributed by atoms with E-state index >= 15 is 0 Å². The first-order valence-corrected chi connectivity index (χ1v) is 24.6. The number of aromatic nitrogens is 5. The van der Waals surface area contributed by atoms with Crippen LogP contribution in [0, 0.1) is 6.57 Å². The standard InChI is InChI=1S/C66H38N6O/c1-67-42-31-33-58-49(36-42)47-19-4-8-22-54(47)70(58)43-37-53-65(69-39-43)64-52(66(53)50-20-6-14-28-62(50)73-63-29-15-7-21-51(63)66)35-41(38-68-64)40-30-32-59-48(34-40)46-18-5-11-25-57(46)72(59)61-27-13-12-26-60(61)71-55-23-9-2-16-44(55)45-17-3-10-24-56(45)71/h2-39H. The second-order valence-corrected chi connectivity index (χ2v) is 19.2. The van der Waals surface area contributed by atoms with E-state index in [1.54, 1.807) is 0 Å². The van der Waals surface area contributed by atoms with Crippen LogP contribution < -0.4 is 4.74 Å². The second kappa shape index (κ2) is 14.8. The number of ether oxygens (including phenoxy) is 1. The van der Waals surface area contributed by atoms with Crippen molar-refractivity contribution in [3.05, 3.63) is 264 Å². The predicted molar refractivity (Wildman–Crippen MR) is 294 cm³/mol. The van der Waals surface area contributed by atoms with Crippen LogP contribution in [0.1, 0.15) is 22.3 Å². The average Bonchev–Trinajstić information content (AvgIpc) is 4.17. The van der Waals surface area contributed by atoms with Gasteiger partial charge in [0.05, 0.1) is 79.7 Å². The Labute approximate surface area is 418 Å². The normalized spacial score (nSPS) is 13.1. The molecule has 6 heterocycles. The minimum atomic E-state index is -0.825. The lowest BCUT2D eigenvalue weighted by molar-refractivity contribution is 0.436. The predicted octanol–water partition coefficient (Wildman–Crippen LogP) is 16.5. The summed E-state index contributed by atoms with van der Waals surface area (Å²) < 4.78 is 13.9. The van der Waals surface area contributed by atoms with Gasteiger partial charge in [-0.3, -0.25) is 9.97 Å². The van der Waals surface area contributed by atoms with Crippen molar-refractivity contribution in [2.75, 3.05) is 0 Å². The van der Waals surface area contributed by atoms with E-state index in [-0.39, 0.29) is 0 Å². The molecule has 9 aromatic carbocycles. The Hall–Kier alpha value is -10.0. The van der Waals surface area contributed by atoms with Gasteiger partial charge in [0.15, 0.2) is 5.69 Å². The molecule has 16 rings (SSSR count). The van der Waals surface area contributed by atoms with E-state index < -0.39 is 5.41 Å². The molecule has 7 heteroatoms. The van der Waals surface area contributed by atoms with Crippen LogP contribution in [0.2, 0.25) is 0 Å². The zero-order valence-electron chi connectivity index (χ0n) is 39.0. The smallest absolute Gasteiger partial charge is 0.188 e. The highest BCUT2D eigenvalue weighted by Crippen LogP contribution is 2.62. The van der Waals surface area contributed by atoms with Crippen molar-refractivity contribution < 1.29 is 4.74 Å². The molecule has 0 amide bonds. The molecule has 0 radical (unpaired) electrons. The number of hydrogen-bond donors (Lipinski definition) is 0. The molecule has 73 heavy (non-hydrogen) atoms. The van der Waals surface area contributed by atoms with Crippen LogP contribution in [0.15, 0.2) is 231 Å². The van der Waals surface area contributed by atoms with Crippen molar-refractivity contribution in [1.29, 1.82) is 0 Å². The van der Waals surface area contributed by atoms with Gasteiger partial charge in [-0.05, 0) is 95.9 Å². The van der Waals surface area contributed by atoms with Gasteiger partial charge in [0, 0.05) is 60.9 Å². The Morgan fingerprint density at radius 3 is 1.42 bits per heavy atom. The molecule has 5 aromatic heterocycles. The molecule has 0 atom stereocenters. The first-order chi connectivity index (χ1) is 36.2. The SMILES string of the molecule is [C-]#[N+]c1ccc2c(c1)c1ccccc1n2-c1cnc2c(c1)C1(c3ccccc3Oc3ccccc31)c1cc(-c3ccc4c(c3)c3ccccc3n4-c3ccccc3-n3c4ccccc4c4ccccc43)cnc1-2. The minimum Gasteiger partial charge on any atom is -0.457 e. The Kier molecular flexibility index (Phi) is 8.04. The van der Waals surface area contributed by atoms with Crippen LogP contribution in [-0.2, 0) is 5.41 Å². The summed E-state index contributed by atoms with van der Waals surface area (Å²) in [5, 5.41) is 6.91. The summed E-state index contributed by atoms with van der Waals surface area (Å²) in [6.45, 7) is 7.81. The van der Waals surface area contributed by atoms with Gasteiger partial charge in [0.25, 0.3) is 0 Å². The molecule has 338 valence electrons. The zero-order chi connectivity index (χ0) is 47.9. The molecular formula is C66H38N6O. The summed E-state index contributed by atoms with van der Waals surface area (Å²) in [7, 11) is 0. The summed E-state index contributed by atoms with van der Waals surface area (Å²) in [6.07, 6.45) is 4.00. The summed E-state index contributed by atoms with van der Waals surface area (Å²) >= 11 is 0. The topological polar surface area (TPSA) is 54.2 Å². The lowest BCUT2D eigenvalue weighted by Gasteiger charge is -2.39. The molecule has 1 spiro atoms. The van der Waals surface area contributed by atoms with Crippen molar-refractivity contribution in [2.24, 2.45) is 0 Å². The van der Waals surface area contributed by atoms with E-state index in [1.165, 1.54) is 27.2 Å². The first-order valence-electron chi connectivity index (χ1n) is 24.6. The Balaban J connectivity index is 0.914. The number of para-hydroxylation sites is 8. The molecule has 7 nitrogen and oxygen atoms in total. The molecule has 0 saturated heterocycles. The van der Waals surface area contributed by atoms with Gasteiger partial charge in [-0.25, -0.2) is 4.85 Å². The van der Waals surface area contributed by atoms with Crippen LogP contribution in [0.3, 0.4) is 0 Å². The van der Waals surface area contributed by atoms with E-state index in [9.17, 15) is 0 Å². The van der Waals surface area contributed by atoms with Gasteiger partial charge in [0.2, 0.25) is 0 Å². The summed E-state index contributed by atoms with van der Waals surface area (Å²) in [5.41, 5.74) is 17.5. The fraction of sp³-hybridized carbons (Fsp3) is 0.0152. The van der Waals surface area contributed by atoms with Crippen molar-refractivity contribution in [1.82, 2.24) is 23.7 Å². The molecular weight excluding hydrogens is 893 g/mol.